The fourth-order valence-corrected chi connectivity index (χ4v) is 0. The fraction of sp³-hybridized carbons (Fsp3) is 0. The molecule has 0 atom stereocenters. The van der Waals surface area contributed by atoms with Crippen LogP contribution in [0.3, 0.4) is 0 Å². The molecule has 0 saturated carbocycles. The molecule has 0 aliphatic heterocycles. The summed E-state index contributed by atoms with van der Waals surface area (Å²) in [6.07, 6.45) is 0. The third kappa shape index (κ3) is 37.1. The normalized spacial score (nSPS) is 13.3. The van der Waals surface area contributed by atoms with E-state index in [9.17, 15) is 0 Å². The van der Waals surface area contributed by atoms with Crippen molar-refractivity contribution >= 4 is 18.9 Å². The van der Waals surface area contributed by atoms with E-state index >= 15 is 0 Å². The van der Waals surface area contributed by atoms with Crippen LogP contribution in [0.15, 0.2) is 0 Å². The molecule has 0 aliphatic rings. The summed E-state index contributed by atoms with van der Waals surface area (Å²) in [5.41, 5.74) is 0. The zero-order valence-corrected chi connectivity index (χ0v) is 8.23. The van der Waals surface area contributed by atoms with Crippen LogP contribution >= 0.6 is 0 Å². The molecule has 0 bridgehead atoms. The molecular formula is B4Zr2. The van der Waals surface area contributed by atoms with Gasteiger partial charge in [-0.15, -0.1) is 0 Å². The number of hydrogen-bond donors (Lipinski definition) is 0. The molecule has 0 aromatic carbocycles. The molecule has 20 valence electrons. The van der Waals surface area contributed by atoms with Crippen LogP contribution in [0.25, 0.3) is 0 Å². The summed E-state index contributed by atoms with van der Waals surface area (Å²) in [5, 5.41) is 0. The van der Waals surface area contributed by atoms with E-state index in [1.165, 1.54) is 0 Å². The molecule has 0 heterocycles. The van der Waals surface area contributed by atoms with E-state index in [2.05, 4.69) is 0 Å². The second-order valence-corrected chi connectivity index (χ2v) is 5.92. The van der Waals surface area contributed by atoms with Gasteiger partial charge in [-0.1, -0.05) is 0 Å². The molecule has 0 aliphatic carbocycles. The predicted octanol–water partition coefficient (Wildman–Crippen LogP) is -1.53. The average Bonchev–Trinajstić information content (AvgIpc) is 0.722. The Balaban J connectivity index is 0. The van der Waals surface area contributed by atoms with Gasteiger partial charge in [0, 0.05) is 26.2 Å². The van der Waals surface area contributed by atoms with Crippen molar-refractivity contribution in [2.75, 3.05) is 0 Å². The summed E-state index contributed by atoms with van der Waals surface area (Å²) in [6.45, 7) is 0. The quantitative estimate of drug-likeness (QED) is 0.439. The van der Waals surface area contributed by atoms with Gasteiger partial charge in [0.15, 0.2) is 0 Å². The van der Waals surface area contributed by atoms with Crippen molar-refractivity contribution in [3.05, 3.63) is 0 Å². The molecule has 6 heteroatoms. The molecule has 0 radical (unpaired) electrons. The summed E-state index contributed by atoms with van der Waals surface area (Å²) in [5.74, 6) is 0. The van der Waals surface area contributed by atoms with E-state index < -0.39 is 16.5 Å². The number of rotatable bonds is 0. The van der Waals surface area contributed by atoms with Crippen LogP contribution in [0.4, 0.5) is 0 Å². The van der Waals surface area contributed by atoms with Crippen molar-refractivity contribution in [1.29, 1.82) is 0 Å². The molecule has 6 heavy (non-hydrogen) atoms. The first-order valence-electron chi connectivity index (χ1n) is 1.15. The smallest absolute Gasteiger partial charge is 0 e. The second-order valence-electron chi connectivity index (χ2n) is 1.00. The second kappa shape index (κ2) is 3.96. The first kappa shape index (κ1) is 10.9. The van der Waals surface area contributed by atoms with Gasteiger partial charge < -0.3 is 0 Å². The van der Waals surface area contributed by atoms with E-state index in [1.807, 2.05) is 0 Å². The van der Waals surface area contributed by atoms with Crippen LogP contribution in [0.5, 0.6) is 0 Å². The van der Waals surface area contributed by atoms with Crippen molar-refractivity contribution in [3.63, 3.8) is 0 Å². The van der Waals surface area contributed by atoms with Crippen LogP contribution < -0.4 is 0 Å². The largest absolute Gasteiger partial charge is 0 e. The summed E-state index contributed by atoms with van der Waals surface area (Å²) in [7, 11) is 0. The van der Waals surface area contributed by atoms with Gasteiger partial charge >= 0.3 is 35.4 Å². The third-order valence-corrected chi connectivity index (χ3v) is 0. The van der Waals surface area contributed by atoms with Crippen molar-refractivity contribution in [2.24, 2.45) is 0 Å². The van der Waals surface area contributed by atoms with Gasteiger partial charge in [-0.05, 0) is 0 Å². The van der Waals surface area contributed by atoms with Gasteiger partial charge in [0.05, 0.1) is 0 Å². The van der Waals surface area contributed by atoms with Gasteiger partial charge in [0.25, 0.3) is 0 Å². The molecule has 0 amide bonds. The van der Waals surface area contributed by atoms with Crippen molar-refractivity contribution in [2.45, 2.75) is 0 Å². The van der Waals surface area contributed by atoms with Crippen molar-refractivity contribution in [1.82, 2.24) is 0 Å². The van der Waals surface area contributed by atoms with E-state index in [0.717, 1.165) is 0 Å². The minimum atomic E-state index is -3.18. The molecule has 0 N–H and O–H groups in total. The van der Waals surface area contributed by atoms with Crippen LogP contribution in [0.2, 0.25) is 0 Å². The van der Waals surface area contributed by atoms with Gasteiger partial charge in [-0.2, -0.15) is 0 Å². The first-order valence-corrected chi connectivity index (χ1v) is 6.83. The Labute approximate surface area is 60.7 Å². The summed E-state index contributed by atoms with van der Waals surface area (Å²) in [6, 6.07) is 0. The summed E-state index contributed by atoms with van der Waals surface area (Å²) < 4.78 is 19.6. The van der Waals surface area contributed by atoms with Crippen LogP contribution in [0, 0.1) is 0 Å². The SMILES string of the molecule is [B]#[Zr](#[B])(#[B])#[B].[Zr]. The molecule has 0 aromatic rings. The molecule has 0 fully saturated rings. The Morgan fingerprint density at radius 2 is 0.833 bits per heavy atom. The fourth-order valence-electron chi connectivity index (χ4n) is 0. The Morgan fingerprint density at radius 1 is 0.833 bits per heavy atom. The van der Waals surface area contributed by atoms with Crippen LogP contribution in [-0.4, -0.2) is 18.9 Å². The maximum atomic E-state index is 4.90. The van der Waals surface area contributed by atoms with Crippen molar-refractivity contribution < 1.29 is 42.7 Å². The topological polar surface area (TPSA) is 0 Å². The molecule has 0 spiro atoms. The molecule has 0 unspecified atom stereocenters. The van der Waals surface area contributed by atoms with Gasteiger partial charge in [-0.3, -0.25) is 0 Å². The third-order valence-electron chi connectivity index (χ3n) is 0. The van der Waals surface area contributed by atoms with Gasteiger partial charge in [0.1, 0.15) is 0 Å². The van der Waals surface area contributed by atoms with E-state index in [1.54, 1.807) is 0 Å². The zero-order valence-electron chi connectivity index (χ0n) is 3.31. The van der Waals surface area contributed by atoms with E-state index in [4.69, 9.17) is 18.9 Å². The summed E-state index contributed by atoms with van der Waals surface area (Å²) in [4.78, 5) is 0. The average molecular weight is 226 g/mol. The summed E-state index contributed by atoms with van der Waals surface area (Å²) >= 11 is -3.18. The Kier molecular flexibility index (Phi) is 7.20. The standard InChI is InChI=1S/4B.2Zr. The molecule has 0 aromatic heterocycles. The minimum absolute atomic E-state index is 0. The number of hydrogen-bond acceptors (Lipinski definition) is 0. The Morgan fingerprint density at radius 3 is 0.833 bits per heavy atom. The molecule has 0 saturated heterocycles. The molecular weight excluding hydrogens is 226 g/mol. The van der Waals surface area contributed by atoms with Crippen molar-refractivity contribution in [3.8, 4) is 0 Å². The maximum absolute atomic E-state index is 4.90. The zero-order chi connectivity index (χ0) is 4.50. The monoisotopic (exact) mass is 224 g/mol. The van der Waals surface area contributed by atoms with Crippen LogP contribution in [-0.2, 0) is 42.7 Å². The molecule has 0 rings (SSSR count). The first-order chi connectivity index (χ1) is 2.00. The van der Waals surface area contributed by atoms with E-state index in [-0.39, 0.29) is 26.2 Å². The van der Waals surface area contributed by atoms with Gasteiger partial charge in [0.2, 0.25) is 0 Å². The van der Waals surface area contributed by atoms with Crippen LogP contribution in [0.1, 0.15) is 0 Å². The minimum Gasteiger partial charge on any atom is 0 e. The maximum Gasteiger partial charge on any atom is 0 e. The Bertz CT molecular complexity index is 450. The van der Waals surface area contributed by atoms with E-state index in [0.29, 0.717) is 0 Å². The predicted molar refractivity (Wildman–Crippen MR) is 23.0 cm³/mol. The van der Waals surface area contributed by atoms with Gasteiger partial charge in [-0.25, -0.2) is 0 Å². The Hall–Kier alpha value is 2.03. The molecule has 0 nitrogen and oxygen atoms in total.